The molecular weight excluding hydrogens is 368 g/mol. The number of ketones is 1. The van der Waals surface area contributed by atoms with Crippen molar-refractivity contribution in [3.8, 4) is 17.2 Å². The third kappa shape index (κ3) is 4.46. The maximum absolute atomic E-state index is 12.7. The Labute approximate surface area is 164 Å². The van der Waals surface area contributed by atoms with Gasteiger partial charge in [0.2, 0.25) is 5.78 Å². The zero-order chi connectivity index (χ0) is 20.1. The first-order chi connectivity index (χ1) is 12.8. The van der Waals surface area contributed by atoms with Crippen LogP contribution in [-0.2, 0) is 0 Å². The third-order valence-electron chi connectivity index (χ3n) is 3.99. The Hall–Kier alpha value is -2.86. The minimum Gasteiger partial charge on any atom is -0.497 e. The summed E-state index contributed by atoms with van der Waals surface area (Å²) >= 11 is 6.30. The van der Waals surface area contributed by atoms with Crippen LogP contribution in [-0.4, -0.2) is 41.2 Å². The number of Topliss-reactive ketones (excluding diaryl/α,β-unsaturated/α-hetero) is 1. The molecule has 7 heteroatoms. The molecule has 6 nitrogen and oxygen atoms in total. The van der Waals surface area contributed by atoms with Crippen LogP contribution in [0.25, 0.3) is 6.08 Å². The summed E-state index contributed by atoms with van der Waals surface area (Å²) < 4.78 is 16.0. The van der Waals surface area contributed by atoms with E-state index in [-0.39, 0.29) is 10.8 Å². The van der Waals surface area contributed by atoms with E-state index >= 15 is 0 Å². The molecule has 144 valence electrons. The van der Waals surface area contributed by atoms with Crippen LogP contribution in [0.4, 0.5) is 11.4 Å². The van der Waals surface area contributed by atoms with Crippen LogP contribution in [0.1, 0.15) is 15.9 Å². The van der Waals surface area contributed by atoms with E-state index in [2.05, 4.69) is 0 Å². The number of hydrogen-bond acceptors (Lipinski definition) is 6. The molecule has 27 heavy (non-hydrogen) atoms. The lowest BCUT2D eigenvalue weighted by atomic mass is 10.1. The van der Waals surface area contributed by atoms with Gasteiger partial charge < -0.3 is 24.8 Å². The highest BCUT2D eigenvalue weighted by molar-refractivity contribution is 6.47. The molecule has 2 N–H and O–H groups in total. The molecule has 0 amide bonds. The molecule has 0 saturated carbocycles. The highest BCUT2D eigenvalue weighted by atomic mass is 35.5. The number of benzene rings is 2. The fourth-order valence-corrected chi connectivity index (χ4v) is 2.86. The van der Waals surface area contributed by atoms with Crippen molar-refractivity contribution < 1.29 is 19.0 Å². The normalized spacial score (nSPS) is 11.1. The Balaban J connectivity index is 2.45. The van der Waals surface area contributed by atoms with Crippen LogP contribution < -0.4 is 24.8 Å². The van der Waals surface area contributed by atoms with Crippen molar-refractivity contribution in [3.05, 3.63) is 46.5 Å². The molecule has 2 aromatic rings. The molecule has 0 radical (unpaired) electrons. The number of anilines is 2. The third-order valence-corrected chi connectivity index (χ3v) is 4.27. The van der Waals surface area contributed by atoms with Gasteiger partial charge in [-0.05, 0) is 30.3 Å². The number of rotatable bonds is 7. The van der Waals surface area contributed by atoms with Crippen LogP contribution in [0.3, 0.4) is 0 Å². The molecule has 0 atom stereocenters. The van der Waals surface area contributed by atoms with Crippen molar-refractivity contribution in [1.82, 2.24) is 0 Å². The lowest BCUT2D eigenvalue weighted by molar-refractivity contribution is 0.104. The molecule has 0 unspecified atom stereocenters. The number of nitrogen functional groups attached to an aromatic ring is 1. The fraction of sp³-hybridized carbons (Fsp3) is 0.250. The predicted octanol–water partition coefficient (Wildman–Crippen LogP) is 3.82. The quantitative estimate of drug-likeness (QED) is 0.440. The Bertz CT molecular complexity index is 879. The average Bonchev–Trinajstić information content (AvgIpc) is 2.65. The van der Waals surface area contributed by atoms with Crippen LogP contribution in [0.15, 0.2) is 35.4 Å². The molecule has 2 aromatic carbocycles. The lowest BCUT2D eigenvalue weighted by Gasteiger charge is -2.15. The van der Waals surface area contributed by atoms with Crippen molar-refractivity contribution in [2.75, 3.05) is 46.1 Å². The van der Waals surface area contributed by atoms with E-state index < -0.39 is 0 Å². The first-order valence-corrected chi connectivity index (χ1v) is 8.48. The van der Waals surface area contributed by atoms with Crippen molar-refractivity contribution in [2.45, 2.75) is 0 Å². The van der Waals surface area contributed by atoms with Crippen LogP contribution in [0.2, 0.25) is 0 Å². The number of carbonyl (C=O) groups is 1. The number of hydrogen-bond donors (Lipinski definition) is 1. The maximum atomic E-state index is 12.7. The topological polar surface area (TPSA) is 74.0 Å². The van der Waals surface area contributed by atoms with E-state index in [1.807, 2.05) is 19.0 Å². The summed E-state index contributed by atoms with van der Waals surface area (Å²) in [5, 5.41) is 0.0145. The minimum atomic E-state index is -0.350. The second-order valence-corrected chi connectivity index (χ2v) is 6.35. The van der Waals surface area contributed by atoms with E-state index in [9.17, 15) is 4.79 Å². The summed E-state index contributed by atoms with van der Waals surface area (Å²) in [5.41, 5.74) is 8.30. The Morgan fingerprint density at radius 1 is 1.07 bits per heavy atom. The first kappa shape index (κ1) is 20.5. The Kier molecular flexibility index (Phi) is 6.58. The number of nitrogens with two attached hydrogens (primary N) is 1. The van der Waals surface area contributed by atoms with Crippen LogP contribution >= 0.6 is 11.6 Å². The van der Waals surface area contributed by atoms with Gasteiger partial charge in [-0.1, -0.05) is 11.6 Å². The number of carbonyl (C=O) groups excluding carboxylic acids is 1. The summed E-state index contributed by atoms with van der Waals surface area (Å²) in [6.07, 6.45) is 1.52. The van der Waals surface area contributed by atoms with Gasteiger partial charge in [-0.25, -0.2) is 0 Å². The standard InChI is InChI=1S/C20H23ClN2O4/c1-23(2)17-7-6-12(10-16(17)22)19(24)15(21)9-13-8-14(25-3)11-18(26-4)20(13)27-5/h6-11H,22H2,1-5H3. The van der Waals surface area contributed by atoms with E-state index in [4.69, 9.17) is 31.5 Å². The fourth-order valence-electron chi connectivity index (χ4n) is 2.64. The summed E-state index contributed by atoms with van der Waals surface area (Å²) in [6, 6.07) is 8.47. The lowest BCUT2D eigenvalue weighted by Crippen LogP contribution is -2.12. The van der Waals surface area contributed by atoms with Gasteiger partial charge in [0.15, 0.2) is 11.5 Å². The zero-order valence-electron chi connectivity index (χ0n) is 16.0. The first-order valence-electron chi connectivity index (χ1n) is 8.11. The van der Waals surface area contributed by atoms with Gasteiger partial charge in [-0.15, -0.1) is 0 Å². The van der Waals surface area contributed by atoms with Gasteiger partial charge in [0.05, 0.1) is 37.7 Å². The summed E-state index contributed by atoms with van der Waals surface area (Å²) in [7, 11) is 8.33. The van der Waals surface area contributed by atoms with Crippen LogP contribution in [0, 0.1) is 0 Å². The Morgan fingerprint density at radius 3 is 2.30 bits per heavy atom. The van der Waals surface area contributed by atoms with Crippen molar-refractivity contribution in [1.29, 1.82) is 0 Å². The number of methoxy groups -OCH3 is 3. The van der Waals surface area contributed by atoms with E-state index in [0.29, 0.717) is 34.1 Å². The summed E-state index contributed by atoms with van der Waals surface area (Å²) in [4.78, 5) is 14.6. The van der Waals surface area contributed by atoms with Gasteiger partial charge in [-0.2, -0.15) is 0 Å². The number of ether oxygens (including phenoxy) is 3. The zero-order valence-corrected chi connectivity index (χ0v) is 16.8. The average molecular weight is 391 g/mol. The van der Waals surface area contributed by atoms with E-state index in [1.54, 1.807) is 30.3 Å². The second-order valence-electron chi connectivity index (χ2n) is 5.94. The SMILES string of the molecule is COc1cc(C=C(Cl)C(=O)c2ccc(N(C)C)c(N)c2)c(OC)c(OC)c1. The van der Waals surface area contributed by atoms with Crippen molar-refractivity contribution in [3.63, 3.8) is 0 Å². The molecule has 0 fully saturated rings. The van der Waals surface area contributed by atoms with Gasteiger partial charge >= 0.3 is 0 Å². The molecule has 0 aliphatic carbocycles. The second kappa shape index (κ2) is 8.68. The van der Waals surface area contributed by atoms with E-state index in [0.717, 1.165) is 5.69 Å². The number of nitrogens with zero attached hydrogens (tertiary/aromatic N) is 1. The monoisotopic (exact) mass is 390 g/mol. The van der Waals surface area contributed by atoms with Crippen molar-refractivity contribution in [2.24, 2.45) is 0 Å². The molecule has 2 rings (SSSR count). The molecule has 0 bridgehead atoms. The Morgan fingerprint density at radius 2 is 1.78 bits per heavy atom. The smallest absolute Gasteiger partial charge is 0.204 e. The molecule has 0 aliphatic rings. The maximum Gasteiger partial charge on any atom is 0.204 e. The highest BCUT2D eigenvalue weighted by Gasteiger charge is 2.16. The van der Waals surface area contributed by atoms with Gasteiger partial charge in [0, 0.05) is 31.3 Å². The minimum absolute atomic E-state index is 0.0145. The van der Waals surface area contributed by atoms with Gasteiger partial charge in [0.25, 0.3) is 0 Å². The molecular formula is C20H23ClN2O4. The van der Waals surface area contributed by atoms with Gasteiger partial charge in [-0.3, -0.25) is 4.79 Å². The van der Waals surface area contributed by atoms with E-state index in [1.165, 1.54) is 27.4 Å². The van der Waals surface area contributed by atoms with Crippen molar-refractivity contribution >= 4 is 34.8 Å². The highest BCUT2D eigenvalue weighted by Crippen LogP contribution is 2.37. The summed E-state index contributed by atoms with van der Waals surface area (Å²) in [5.74, 6) is 1.12. The van der Waals surface area contributed by atoms with Crippen LogP contribution in [0.5, 0.6) is 17.2 Å². The largest absolute Gasteiger partial charge is 0.497 e. The predicted molar refractivity (Wildman–Crippen MR) is 109 cm³/mol. The number of halogens is 1. The molecule has 0 spiro atoms. The molecule has 0 aliphatic heterocycles. The summed E-state index contributed by atoms with van der Waals surface area (Å²) in [6.45, 7) is 0. The molecule has 0 heterocycles. The number of allylic oxidation sites excluding steroid dienone is 1. The molecule has 0 saturated heterocycles. The molecule has 0 aromatic heterocycles. The van der Waals surface area contributed by atoms with Gasteiger partial charge in [0.1, 0.15) is 5.75 Å².